The van der Waals surface area contributed by atoms with Crippen molar-refractivity contribution in [1.29, 1.82) is 0 Å². The number of nitrogens with one attached hydrogen (secondary N) is 1. The summed E-state index contributed by atoms with van der Waals surface area (Å²) in [5, 5.41) is 9.12. The molecular formula is C29H31F3N2O10. The van der Waals surface area contributed by atoms with Crippen LogP contribution in [-0.2, 0) is 34.6 Å². The molecule has 238 valence electrons. The molecule has 1 aliphatic heterocycles. The minimum absolute atomic E-state index is 0.00484. The second-order valence-electron chi connectivity index (χ2n) is 9.41. The van der Waals surface area contributed by atoms with Crippen LogP contribution in [0.15, 0.2) is 53.3 Å². The molecule has 1 fully saturated rings. The van der Waals surface area contributed by atoms with E-state index in [0.29, 0.717) is 30.9 Å². The smallest absolute Gasteiger partial charge is 0.440 e. The molecule has 1 aromatic heterocycles. The molecular weight excluding hydrogens is 593 g/mol. The first-order valence-corrected chi connectivity index (χ1v) is 13.6. The number of benzene rings is 2. The van der Waals surface area contributed by atoms with Crippen LogP contribution in [0.4, 0.5) is 28.4 Å². The monoisotopic (exact) mass is 624 g/mol. The fourth-order valence-corrected chi connectivity index (χ4v) is 4.34. The molecule has 2 N–H and O–H groups in total. The van der Waals surface area contributed by atoms with Crippen LogP contribution < -0.4 is 10.5 Å². The maximum atomic E-state index is 13.5. The summed E-state index contributed by atoms with van der Waals surface area (Å²) >= 11 is 0. The van der Waals surface area contributed by atoms with E-state index in [1.807, 2.05) is 0 Å². The number of alkyl halides is 3. The maximum absolute atomic E-state index is 13.5. The number of pyridine rings is 1. The third kappa shape index (κ3) is 8.92. The molecule has 1 aliphatic rings. The molecule has 1 unspecified atom stereocenters. The van der Waals surface area contributed by atoms with E-state index in [1.54, 1.807) is 0 Å². The van der Waals surface area contributed by atoms with Crippen molar-refractivity contribution in [3.05, 3.63) is 64.4 Å². The average molecular weight is 625 g/mol. The number of aliphatic hydroxyl groups excluding tert-OH is 1. The fourth-order valence-electron chi connectivity index (χ4n) is 4.34. The van der Waals surface area contributed by atoms with Crippen LogP contribution >= 0.6 is 0 Å². The highest BCUT2D eigenvalue weighted by atomic mass is 19.4. The van der Waals surface area contributed by atoms with E-state index in [9.17, 15) is 27.6 Å². The Morgan fingerprint density at radius 2 is 1.61 bits per heavy atom. The number of rotatable bonds is 15. The first kappa shape index (κ1) is 32.7. The quantitative estimate of drug-likeness (QED) is 0.190. The van der Waals surface area contributed by atoms with E-state index >= 15 is 0 Å². The predicted molar refractivity (Wildman–Crippen MR) is 149 cm³/mol. The van der Waals surface area contributed by atoms with Crippen molar-refractivity contribution >= 4 is 28.7 Å². The van der Waals surface area contributed by atoms with Crippen LogP contribution in [0.2, 0.25) is 0 Å². The van der Waals surface area contributed by atoms with Gasteiger partial charge in [-0.3, -0.25) is 9.69 Å². The largest absolute Gasteiger partial charge is 0.508 e. The number of hydrogen-bond acceptors (Lipinski definition) is 10. The highest BCUT2D eigenvalue weighted by Crippen LogP contribution is 2.36. The number of nitrogens with zero attached hydrogens (tertiary/aromatic N) is 1. The number of H-pyrrole nitrogens is 1. The highest BCUT2D eigenvalue weighted by molar-refractivity contribution is 5.94. The second-order valence-corrected chi connectivity index (χ2v) is 9.41. The fraction of sp³-hybridized carbons (Fsp3) is 0.414. The van der Waals surface area contributed by atoms with Gasteiger partial charge in [-0.2, -0.15) is 13.2 Å². The van der Waals surface area contributed by atoms with Gasteiger partial charge >= 0.3 is 18.4 Å². The van der Waals surface area contributed by atoms with Gasteiger partial charge in [0.25, 0.3) is 5.56 Å². The first-order chi connectivity index (χ1) is 21.2. The lowest BCUT2D eigenvalue weighted by Gasteiger charge is -2.15. The summed E-state index contributed by atoms with van der Waals surface area (Å²) in [5.41, 5.74) is -1.35. The van der Waals surface area contributed by atoms with Gasteiger partial charge in [0.05, 0.1) is 58.4 Å². The van der Waals surface area contributed by atoms with Gasteiger partial charge in [-0.1, -0.05) is 24.3 Å². The Bertz CT molecular complexity index is 1480. The van der Waals surface area contributed by atoms with Crippen molar-refractivity contribution in [3.63, 3.8) is 0 Å². The maximum Gasteiger partial charge on any atom is 0.508 e. The number of anilines is 1. The lowest BCUT2D eigenvalue weighted by atomic mass is 10.0. The standard InChI is InChI=1S/C29H31F3N2O10/c30-29(31,32)24-4-2-1-3-22(24)25-15-19-5-6-20(16-23(19)26(36)33-25)34-17-21(44-27(34)37)18-43-28(38)42-14-13-41-12-11-40-10-9-39-8-7-35/h1-6,15-16,21,35H,7-14,17-18H2,(H,33,36). The third-order valence-electron chi connectivity index (χ3n) is 6.35. The van der Waals surface area contributed by atoms with Crippen LogP contribution in [0, 0.1) is 0 Å². The van der Waals surface area contributed by atoms with E-state index in [1.165, 1.54) is 47.4 Å². The van der Waals surface area contributed by atoms with Gasteiger partial charge in [-0.05, 0) is 29.7 Å². The van der Waals surface area contributed by atoms with Crippen LogP contribution in [0.1, 0.15) is 5.56 Å². The number of amides is 1. The Labute approximate surface area is 249 Å². The third-order valence-corrected chi connectivity index (χ3v) is 6.35. The molecule has 44 heavy (non-hydrogen) atoms. The zero-order valence-corrected chi connectivity index (χ0v) is 23.5. The van der Waals surface area contributed by atoms with Crippen molar-refractivity contribution in [2.45, 2.75) is 12.3 Å². The molecule has 0 aliphatic carbocycles. The summed E-state index contributed by atoms with van der Waals surface area (Å²) in [5.74, 6) is 0. The topological polar surface area (TPSA) is 146 Å². The summed E-state index contributed by atoms with van der Waals surface area (Å²) < 4.78 is 71.3. The number of aromatic amines is 1. The Kier molecular flexibility index (Phi) is 11.5. The van der Waals surface area contributed by atoms with Gasteiger partial charge in [-0.15, -0.1) is 0 Å². The van der Waals surface area contributed by atoms with Crippen molar-refractivity contribution in [3.8, 4) is 11.3 Å². The molecule has 15 heteroatoms. The normalized spacial score (nSPS) is 15.0. The zero-order chi connectivity index (χ0) is 31.5. The number of carbonyl (C=O) groups excluding carboxylic acids is 2. The van der Waals surface area contributed by atoms with E-state index in [4.69, 9.17) is 33.5 Å². The van der Waals surface area contributed by atoms with Crippen LogP contribution in [-0.4, -0.2) is 94.4 Å². The van der Waals surface area contributed by atoms with E-state index in [0.717, 1.165) is 6.07 Å². The van der Waals surface area contributed by atoms with Gasteiger partial charge in [-0.25, -0.2) is 9.59 Å². The molecule has 0 bridgehead atoms. The highest BCUT2D eigenvalue weighted by Gasteiger charge is 2.35. The number of aliphatic hydroxyl groups is 1. The molecule has 4 rings (SSSR count). The number of hydrogen-bond donors (Lipinski definition) is 2. The zero-order valence-electron chi connectivity index (χ0n) is 23.5. The minimum atomic E-state index is -4.61. The molecule has 1 atom stereocenters. The van der Waals surface area contributed by atoms with Crippen molar-refractivity contribution in [2.75, 3.05) is 70.9 Å². The van der Waals surface area contributed by atoms with Crippen molar-refractivity contribution in [2.24, 2.45) is 0 Å². The SMILES string of the molecule is O=C(OCCOCCOCCOCCO)OCC1CN(c2ccc3cc(-c4ccccc4C(F)(F)F)[nH]c(=O)c3c2)C(=O)O1. The first-order valence-electron chi connectivity index (χ1n) is 13.6. The van der Waals surface area contributed by atoms with Gasteiger partial charge in [0.15, 0.2) is 6.10 Å². The lowest BCUT2D eigenvalue weighted by Crippen LogP contribution is -2.27. The molecule has 2 aromatic carbocycles. The summed E-state index contributed by atoms with van der Waals surface area (Å²) in [6, 6.07) is 10.9. The molecule has 0 saturated carbocycles. The van der Waals surface area contributed by atoms with Gasteiger partial charge < -0.3 is 38.5 Å². The van der Waals surface area contributed by atoms with Gasteiger partial charge in [0, 0.05) is 22.3 Å². The minimum Gasteiger partial charge on any atom is -0.440 e. The number of cyclic esters (lactones) is 1. The molecule has 3 aromatic rings. The Hall–Kier alpha value is -4.18. The van der Waals surface area contributed by atoms with E-state index in [2.05, 4.69) is 4.98 Å². The Morgan fingerprint density at radius 1 is 0.932 bits per heavy atom. The number of fused-ring (bicyclic) bond motifs is 1. The van der Waals surface area contributed by atoms with Crippen molar-refractivity contribution in [1.82, 2.24) is 4.98 Å². The number of ether oxygens (including phenoxy) is 6. The van der Waals surface area contributed by atoms with Crippen LogP contribution in [0.25, 0.3) is 22.0 Å². The molecule has 1 amide bonds. The molecule has 1 saturated heterocycles. The Morgan fingerprint density at radius 3 is 2.32 bits per heavy atom. The van der Waals surface area contributed by atoms with Crippen LogP contribution in [0.5, 0.6) is 0 Å². The summed E-state index contributed by atoms with van der Waals surface area (Å²) in [6.07, 6.45) is -7.11. The summed E-state index contributed by atoms with van der Waals surface area (Å²) in [4.78, 5) is 41.0. The lowest BCUT2D eigenvalue weighted by molar-refractivity contribution is -0.137. The number of aromatic nitrogens is 1. The molecule has 12 nitrogen and oxygen atoms in total. The van der Waals surface area contributed by atoms with Crippen molar-refractivity contribution < 1.29 is 56.3 Å². The summed E-state index contributed by atoms with van der Waals surface area (Å²) in [6.45, 7) is 1.31. The Balaban J connectivity index is 1.25. The van der Waals surface area contributed by atoms with E-state index in [-0.39, 0.29) is 62.8 Å². The molecule has 0 radical (unpaired) electrons. The van der Waals surface area contributed by atoms with Gasteiger partial charge in [0.1, 0.15) is 13.2 Å². The predicted octanol–water partition coefficient (Wildman–Crippen LogP) is 3.73. The number of carbonyl (C=O) groups is 2. The number of halogens is 3. The van der Waals surface area contributed by atoms with E-state index < -0.39 is 35.7 Å². The average Bonchev–Trinajstić information content (AvgIpc) is 3.38. The molecule has 0 spiro atoms. The summed E-state index contributed by atoms with van der Waals surface area (Å²) in [7, 11) is 0. The van der Waals surface area contributed by atoms with Gasteiger partial charge in [0.2, 0.25) is 0 Å². The molecule has 2 heterocycles. The van der Waals surface area contributed by atoms with Crippen LogP contribution in [0.3, 0.4) is 0 Å². The second kappa shape index (κ2) is 15.5.